The number of rotatable bonds is 1. The summed E-state index contributed by atoms with van der Waals surface area (Å²) in [6, 6.07) is 1.06. The van der Waals surface area contributed by atoms with Crippen LogP contribution in [0.2, 0.25) is 0 Å². The number of benzene rings is 1. The van der Waals surface area contributed by atoms with Crippen LogP contribution >= 0.6 is 0 Å². The van der Waals surface area contributed by atoms with Crippen molar-refractivity contribution in [3.8, 4) is 17.2 Å². The zero-order chi connectivity index (χ0) is 21.0. The fourth-order valence-corrected chi connectivity index (χ4v) is 6.19. The van der Waals surface area contributed by atoms with Crippen LogP contribution in [0.3, 0.4) is 0 Å². The van der Waals surface area contributed by atoms with Crippen LogP contribution in [0.25, 0.3) is 0 Å². The summed E-state index contributed by atoms with van der Waals surface area (Å²) >= 11 is 0. The van der Waals surface area contributed by atoms with Crippen molar-refractivity contribution in [2.75, 3.05) is 13.9 Å². The minimum atomic E-state index is -4.23. The van der Waals surface area contributed by atoms with Crippen molar-refractivity contribution in [3.63, 3.8) is 0 Å². The molecule has 5 aliphatic rings. The van der Waals surface area contributed by atoms with Crippen molar-refractivity contribution in [2.24, 2.45) is 0 Å². The lowest BCUT2D eigenvalue weighted by molar-refractivity contribution is -0.152. The standard InChI is InChI=1S/C18H19NO10S/c1-18(2)26-14-10-8(13-16(15(14)27-18)29-30(21,22)28-13)6-4-7-11(25-5-24-7)12(23-3)9(6)17(20)19-10/h4,8,10,13-16H,5H2,1-3H3,(H,19,20)/t8-,10-,13+,14+,15+,16+/m1/s1. The first kappa shape index (κ1) is 18.6. The summed E-state index contributed by atoms with van der Waals surface area (Å²) in [6.07, 6.45) is -3.23. The maximum atomic E-state index is 13.1. The van der Waals surface area contributed by atoms with Gasteiger partial charge in [-0.3, -0.25) is 4.79 Å². The van der Waals surface area contributed by atoms with Crippen LogP contribution in [0.4, 0.5) is 0 Å². The first-order chi connectivity index (χ1) is 14.2. The van der Waals surface area contributed by atoms with E-state index in [2.05, 4.69) is 5.32 Å². The molecule has 30 heavy (non-hydrogen) atoms. The first-order valence-corrected chi connectivity index (χ1v) is 10.8. The van der Waals surface area contributed by atoms with Gasteiger partial charge in [0.1, 0.15) is 24.4 Å². The summed E-state index contributed by atoms with van der Waals surface area (Å²) in [5.74, 6) is -1.03. The van der Waals surface area contributed by atoms with Crippen LogP contribution in [0.15, 0.2) is 6.07 Å². The maximum Gasteiger partial charge on any atom is 0.400 e. The van der Waals surface area contributed by atoms with Gasteiger partial charge < -0.3 is 29.0 Å². The molecule has 12 heteroatoms. The lowest BCUT2D eigenvalue weighted by Crippen LogP contribution is -2.64. The summed E-state index contributed by atoms with van der Waals surface area (Å²) in [4.78, 5) is 13.1. The number of nitrogens with one attached hydrogen (secondary N) is 1. The van der Waals surface area contributed by atoms with Crippen molar-refractivity contribution in [1.29, 1.82) is 0 Å². The average Bonchev–Trinajstić information content (AvgIpc) is 3.33. The zero-order valence-corrected chi connectivity index (χ0v) is 17.1. The van der Waals surface area contributed by atoms with E-state index in [9.17, 15) is 13.2 Å². The SMILES string of the molecule is COc1c2c(cc3c1C(=O)N[C@H]1[C@@H]4OC(C)(C)O[C@@H]4[C@H]4OS(=O)(=O)O[C@H]4[C@H]31)OCO2. The van der Waals surface area contributed by atoms with Gasteiger partial charge in [-0.25, -0.2) is 8.37 Å². The van der Waals surface area contributed by atoms with E-state index in [0.29, 0.717) is 17.1 Å². The molecule has 11 nitrogen and oxygen atoms in total. The van der Waals surface area contributed by atoms with E-state index in [-0.39, 0.29) is 18.1 Å². The summed E-state index contributed by atoms with van der Waals surface area (Å²) < 4.78 is 63.4. The third-order valence-electron chi connectivity index (χ3n) is 6.10. The molecule has 6 atom stereocenters. The second-order valence-corrected chi connectivity index (χ2v) is 9.43. The van der Waals surface area contributed by atoms with E-state index in [0.717, 1.165) is 0 Å². The van der Waals surface area contributed by atoms with E-state index in [4.69, 9.17) is 32.1 Å². The van der Waals surface area contributed by atoms with Crippen molar-refractivity contribution in [1.82, 2.24) is 5.32 Å². The number of carbonyl (C=O) groups excluding carboxylic acids is 1. The Bertz CT molecular complexity index is 1070. The Morgan fingerprint density at radius 2 is 1.83 bits per heavy atom. The molecule has 1 aromatic rings. The quantitative estimate of drug-likeness (QED) is 0.645. The second-order valence-electron chi connectivity index (χ2n) is 8.23. The molecule has 2 saturated heterocycles. The van der Waals surface area contributed by atoms with Gasteiger partial charge in [-0.1, -0.05) is 0 Å². The van der Waals surface area contributed by atoms with Gasteiger partial charge in [0.25, 0.3) is 5.91 Å². The highest BCUT2D eigenvalue weighted by atomic mass is 32.3. The number of hydrogen-bond donors (Lipinski definition) is 1. The minimum absolute atomic E-state index is 0.0137. The highest BCUT2D eigenvalue weighted by Crippen LogP contribution is 2.54. The molecule has 4 heterocycles. The molecular formula is C18H19NO10S. The van der Waals surface area contributed by atoms with E-state index < -0.39 is 58.5 Å². The van der Waals surface area contributed by atoms with Crippen LogP contribution in [0.5, 0.6) is 17.2 Å². The largest absolute Gasteiger partial charge is 0.492 e. The molecule has 1 aliphatic carbocycles. The molecule has 1 amide bonds. The molecule has 6 rings (SSSR count). The van der Waals surface area contributed by atoms with Crippen LogP contribution in [-0.4, -0.2) is 64.5 Å². The first-order valence-electron chi connectivity index (χ1n) is 9.47. The highest BCUT2D eigenvalue weighted by Gasteiger charge is 2.66. The molecule has 0 bridgehead atoms. The third kappa shape index (κ3) is 2.39. The Balaban J connectivity index is 1.56. The predicted octanol–water partition coefficient (Wildman–Crippen LogP) is 0.182. The number of ether oxygens (including phenoxy) is 5. The molecule has 1 N–H and O–H groups in total. The lowest BCUT2D eigenvalue weighted by atomic mass is 9.70. The van der Waals surface area contributed by atoms with E-state index in [1.54, 1.807) is 19.9 Å². The Morgan fingerprint density at radius 3 is 2.60 bits per heavy atom. The van der Waals surface area contributed by atoms with Crippen LogP contribution < -0.4 is 19.5 Å². The van der Waals surface area contributed by atoms with Crippen LogP contribution in [-0.2, 0) is 28.2 Å². The monoisotopic (exact) mass is 441 g/mol. The molecule has 3 fully saturated rings. The van der Waals surface area contributed by atoms with Gasteiger partial charge in [0.2, 0.25) is 12.5 Å². The van der Waals surface area contributed by atoms with Crippen molar-refractivity contribution in [3.05, 3.63) is 17.2 Å². The van der Waals surface area contributed by atoms with Gasteiger partial charge in [-0.2, -0.15) is 8.42 Å². The molecule has 0 unspecified atom stereocenters. The van der Waals surface area contributed by atoms with Crippen molar-refractivity contribution in [2.45, 2.75) is 56.0 Å². The minimum Gasteiger partial charge on any atom is -0.492 e. The number of amides is 1. The molecule has 1 aromatic carbocycles. The number of fused-ring (bicyclic) bond motifs is 9. The maximum absolute atomic E-state index is 13.1. The third-order valence-corrected chi connectivity index (χ3v) is 7.02. The molecule has 1 saturated carbocycles. The summed E-state index contributed by atoms with van der Waals surface area (Å²) in [5, 5.41) is 2.94. The topological polar surface area (TPSA) is 128 Å². The smallest absolute Gasteiger partial charge is 0.400 e. The fourth-order valence-electron chi connectivity index (χ4n) is 5.16. The average molecular weight is 441 g/mol. The van der Waals surface area contributed by atoms with Gasteiger partial charge >= 0.3 is 10.4 Å². The number of carbonyl (C=O) groups is 1. The van der Waals surface area contributed by atoms with Gasteiger partial charge in [0.15, 0.2) is 17.3 Å². The summed E-state index contributed by atoms with van der Waals surface area (Å²) in [7, 11) is -2.81. The van der Waals surface area contributed by atoms with E-state index in [1.165, 1.54) is 7.11 Å². The summed E-state index contributed by atoms with van der Waals surface area (Å²) in [5.41, 5.74) is 0.763. The molecule has 4 aliphatic heterocycles. The highest BCUT2D eigenvalue weighted by molar-refractivity contribution is 7.82. The molecule has 162 valence electrons. The van der Waals surface area contributed by atoms with E-state index in [1.807, 2.05) is 0 Å². The van der Waals surface area contributed by atoms with Crippen LogP contribution in [0.1, 0.15) is 35.7 Å². The Labute approximate surface area is 171 Å². The van der Waals surface area contributed by atoms with Crippen LogP contribution in [0, 0.1) is 0 Å². The normalized spacial score (nSPS) is 38.8. The summed E-state index contributed by atoms with van der Waals surface area (Å²) in [6.45, 7) is 3.43. The van der Waals surface area contributed by atoms with Gasteiger partial charge in [0.05, 0.1) is 18.7 Å². The Morgan fingerprint density at radius 1 is 1.10 bits per heavy atom. The Kier molecular flexibility index (Phi) is 3.58. The zero-order valence-electron chi connectivity index (χ0n) is 16.2. The Hall–Kier alpha value is -2.12. The van der Waals surface area contributed by atoms with Gasteiger partial charge in [0, 0.05) is 5.92 Å². The van der Waals surface area contributed by atoms with Gasteiger partial charge in [-0.05, 0) is 25.5 Å². The fraction of sp³-hybridized carbons (Fsp3) is 0.611. The molecule has 0 radical (unpaired) electrons. The number of methoxy groups -OCH3 is 1. The lowest BCUT2D eigenvalue weighted by Gasteiger charge is -2.45. The molecular weight excluding hydrogens is 422 g/mol. The van der Waals surface area contributed by atoms with Crippen molar-refractivity contribution >= 4 is 16.3 Å². The van der Waals surface area contributed by atoms with Gasteiger partial charge in [-0.15, -0.1) is 0 Å². The number of hydrogen-bond acceptors (Lipinski definition) is 10. The second kappa shape index (κ2) is 5.77. The van der Waals surface area contributed by atoms with E-state index >= 15 is 0 Å². The molecule has 0 spiro atoms. The van der Waals surface area contributed by atoms with Crippen molar-refractivity contribution < 1.29 is 45.3 Å². The predicted molar refractivity (Wildman–Crippen MR) is 95.6 cm³/mol. The molecule has 0 aromatic heterocycles.